The minimum atomic E-state index is -2.63. The van der Waals surface area contributed by atoms with Crippen molar-refractivity contribution in [2.75, 3.05) is 77.2 Å². The summed E-state index contributed by atoms with van der Waals surface area (Å²) in [4.78, 5) is 108. The van der Waals surface area contributed by atoms with Crippen LogP contribution in [0.3, 0.4) is 0 Å². The summed E-state index contributed by atoms with van der Waals surface area (Å²) in [6, 6.07) is 7.48. The molecule has 2 bridgehead atoms. The summed E-state index contributed by atoms with van der Waals surface area (Å²) in [5.41, 5.74) is 3.39. The van der Waals surface area contributed by atoms with Crippen molar-refractivity contribution in [3.63, 3.8) is 0 Å². The summed E-state index contributed by atoms with van der Waals surface area (Å²) in [6.45, 7) is 19.9. The number of aliphatic hydroxyl groups excluding tert-OH is 2. The summed E-state index contributed by atoms with van der Waals surface area (Å²) in [7, 11) is 4.45. The molecule has 4 saturated heterocycles. The lowest BCUT2D eigenvalue weighted by molar-refractivity contribution is -0.264. The van der Waals surface area contributed by atoms with Crippen molar-refractivity contribution >= 4 is 58.1 Å². The van der Waals surface area contributed by atoms with Crippen molar-refractivity contribution in [2.24, 2.45) is 35.5 Å². The van der Waals surface area contributed by atoms with E-state index >= 15 is 0 Å². The number of esters is 1. The number of rotatable bonds is 12. The molecule has 9 rings (SSSR count). The topological polar surface area (TPSA) is 297 Å². The zero-order valence-electron chi connectivity index (χ0n) is 60.5. The van der Waals surface area contributed by atoms with Crippen molar-refractivity contribution in [3.05, 3.63) is 83.5 Å². The van der Waals surface area contributed by atoms with E-state index in [1.54, 1.807) is 53.0 Å². The summed E-state index contributed by atoms with van der Waals surface area (Å²) < 4.78 is 47.4. The number of benzene rings is 1. The Kier molecular flexibility index (Phi) is 27.2. The van der Waals surface area contributed by atoms with Gasteiger partial charge in [-0.2, -0.15) is 9.97 Å². The number of pyridine rings is 1. The number of amides is 2. The maximum absolute atomic E-state index is 14.8. The van der Waals surface area contributed by atoms with Crippen molar-refractivity contribution in [1.29, 1.82) is 0 Å². The molecule has 5 fully saturated rings. The molecule has 5 aliphatic heterocycles. The zero-order chi connectivity index (χ0) is 72.1. The van der Waals surface area contributed by atoms with Crippen molar-refractivity contribution in [3.8, 4) is 17.0 Å². The minimum absolute atomic E-state index is 0.00481. The number of cyclic esters (lactones) is 1. The highest BCUT2D eigenvalue weighted by Crippen LogP contribution is 2.39. The van der Waals surface area contributed by atoms with Crippen LogP contribution in [-0.2, 0) is 63.7 Å². The summed E-state index contributed by atoms with van der Waals surface area (Å²) in [5, 5.41) is 38.6. The number of allylic oxidation sites excluding steroid dienone is 6. The zero-order valence-corrected chi connectivity index (χ0v) is 60.5. The van der Waals surface area contributed by atoms with E-state index in [1.807, 2.05) is 69.3 Å². The number of Topliss-reactive ketones (excluding diaryl/α,β-unsaturated/α-hetero) is 3. The van der Waals surface area contributed by atoms with E-state index in [-0.39, 0.29) is 80.4 Å². The van der Waals surface area contributed by atoms with Gasteiger partial charge in [0, 0.05) is 69.2 Å². The Morgan fingerprint density at radius 3 is 2.24 bits per heavy atom. The van der Waals surface area contributed by atoms with Crippen molar-refractivity contribution in [2.45, 2.75) is 213 Å². The molecule has 548 valence electrons. The van der Waals surface area contributed by atoms with E-state index < -0.39 is 95.8 Å². The SMILES string of the molecule is COc1ccc(-c2ccc3c(N4CCOC[C@@H]4C)nc(N4CCOC[C@@H]4C)nc3n2)cc1COC(=O)NC1C[C@@H]2CC[C@@H](C)[C@@](O)(O2)C(=O)C(=O)N2CCCC[C@H]2C(=O)OC([C@H](C)C[C@@H]2CC[C@@H](O)[C@H](OC)C2)CC(=O)[C@H](C)/C=C(\C)[C@@H](O)[C@@H](OC)C(=O)[C@H](C)C[C@H](C)/C=C/C=C/C=C/1C. The van der Waals surface area contributed by atoms with Gasteiger partial charge in [0.05, 0.1) is 81.1 Å². The molecular weight excluding hydrogens is 1280 g/mol. The van der Waals surface area contributed by atoms with E-state index in [9.17, 15) is 44.1 Å². The van der Waals surface area contributed by atoms with Crippen LogP contribution in [0, 0.1) is 35.5 Å². The smallest absolute Gasteiger partial charge is 0.407 e. The van der Waals surface area contributed by atoms with Crippen LogP contribution in [-0.4, -0.2) is 204 Å². The fourth-order valence-corrected chi connectivity index (χ4v) is 15.0. The predicted molar refractivity (Wildman–Crippen MR) is 376 cm³/mol. The van der Waals surface area contributed by atoms with Gasteiger partial charge in [-0.05, 0) is 152 Å². The Bertz CT molecular complexity index is 3490. The molecule has 4 N–H and O–H groups in total. The van der Waals surface area contributed by atoms with Crippen LogP contribution in [0.15, 0.2) is 77.9 Å². The third-order valence-electron chi connectivity index (χ3n) is 21.3. The third-order valence-corrected chi connectivity index (χ3v) is 21.3. The first-order valence-corrected chi connectivity index (χ1v) is 35.9. The van der Waals surface area contributed by atoms with Gasteiger partial charge in [-0.3, -0.25) is 19.2 Å². The van der Waals surface area contributed by atoms with Gasteiger partial charge in [0.2, 0.25) is 11.7 Å². The molecule has 6 aliphatic rings. The number of hydrogen-bond acceptors (Lipinski definition) is 22. The number of nitrogens with zero attached hydrogens (tertiary/aromatic N) is 6. The molecule has 0 radical (unpaired) electrons. The van der Waals surface area contributed by atoms with Gasteiger partial charge in [-0.25, -0.2) is 14.6 Å². The van der Waals surface area contributed by atoms with E-state index in [1.165, 1.54) is 14.2 Å². The van der Waals surface area contributed by atoms with Crippen LogP contribution in [0.5, 0.6) is 5.75 Å². The van der Waals surface area contributed by atoms with Crippen molar-refractivity contribution in [1.82, 2.24) is 25.2 Å². The third kappa shape index (κ3) is 18.8. The van der Waals surface area contributed by atoms with Crippen LogP contribution in [0.4, 0.5) is 16.6 Å². The lowest BCUT2D eigenvalue weighted by atomic mass is 9.78. The highest BCUT2D eigenvalue weighted by molar-refractivity contribution is 6.39. The van der Waals surface area contributed by atoms with E-state index in [0.29, 0.717) is 136 Å². The molecular formula is C76H107N7O17. The molecule has 24 heteroatoms. The molecule has 1 aromatic carbocycles. The maximum Gasteiger partial charge on any atom is 0.407 e. The molecule has 1 aliphatic carbocycles. The Hall–Kier alpha value is -7.03. The van der Waals surface area contributed by atoms with E-state index in [4.69, 9.17) is 52.8 Å². The fourth-order valence-electron chi connectivity index (χ4n) is 15.0. The normalized spacial score (nSPS) is 33.6. The van der Waals surface area contributed by atoms with Gasteiger partial charge in [0.25, 0.3) is 11.7 Å². The number of ether oxygens (including phenoxy) is 8. The Balaban J connectivity index is 0.981. The Labute approximate surface area is 588 Å². The Morgan fingerprint density at radius 2 is 1.53 bits per heavy atom. The standard InChI is InChI=1S/C76H107N7O17/c1-44-18-14-13-15-19-45(2)59(78-75(91)98-43-55-38-54(23-28-63(55)93-10)58-26-25-57-70(77-58)79-74(82-31-33-97-42-52(82)9)80-71(57)81-30-32-96-41-51(81)8)39-56-24-21-50(7)76(92,100-56)69(88)72(89)83-29-17-16-20-60(83)73(90)99-64(47(4)36-53-22-27-61(84)65(37-53)94-11)40-62(85)46(3)35-49(6)67(87)68(95-12)66(86)48(5)34-44/h13-15,18-19,23,25-26,28,35,38,44,46-48,50-53,56,59-61,64-65,67-68,84,87,92H,16-17,20-22,24,27,29-34,36-37,39-43H2,1-12H3,(H,78,91)/b15-13+,18-14+,45-19+,49-35+/t44-,46-,47-,48-,50-,51+,52+,53+,56+,59?,60+,61-,64?,65-,67-,68+,76-/m1/s1. The quantitative estimate of drug-likeness (QED) is 0.0747. The van der Waals surface area contributed by atoms with Crippen molar-refractivity contribution < 1.29 is 82.0 Å². The first-order chi connectivity index (χ1) is 47.8. The highest BCUT2D eigenvalue weighted by atomic mass is 16.6. The Morgan fingerprint density at radius 1 is 0.790 bits per heavy atom. The molecule has 2 amide bonds. The number of alkyl carbamates (subject to hydrolysis) is 1. The molecule has 17 atom stereocenters. The molecule has 100 heavy (non-hydrogen) atoms. The van der Waals surface area contributed by atoms with Crippen LogP contribution in [0.25, 0.3) is 22.3 Å². The molecule has 3 aromatic rings. The van der Waals surface area contributed by atoms with Gasteiger partial charge in [0.15, 0.2) is 11.4 Å². The number of ketones is 3. The monoisotopic (exact) mass is 1390 g/mol. The highest BCUT2D eigenvalue weighted by Gasteiger charge is 2.53. The van der Waals surface area contributed by atoms with Crippen LogP contribution >= 0.6 is 0 Å². The fraction of sp³-hybridized carbons (Fsp3) is 0.645. The van der Waals surface area contributed by atoms with Gasteiger partial charge >= 0.3 is 12.1 Å². The lowest BCUT2D eigenvalue weighted by Crippen LogP contribution is -2.61. The van der Waals surface area contributed by atoms with Gasteiger partial charge < -0.3 is 73.2 Å². The summed E-state index contributed by atoms with van der Waals surface area (Å²) >= 11 is 0. The number of methoxy groups -OCH3 is 3. The number of aliphatic hydroxyl groups is 3. The number of aromatic nitrogens is 3. The van der Waals surface area contributed by atoms with Crippen LogP contribution in [0.2, 0.25) is 0 Å². The molecule has 24 nitrogen and oxygen atoms in total. The second kappa shape index (κ2) is 35.2. The number of carbonyl (C=O) groups is 6. The average Bonchev–Trinajstić information content (AvgIpc) is 0.772. The van der Waals surface area contributed by atoms with E-state index in [0.717, 1.165) is 16.1 Å². The molecule has 2 aromatic heterocycles. The number of carbonyl (C=O) groups excluding carboxylic acids is 6. The molecule has 7 heterocycles. The first kappa shape index (κ1) is 77.1. The number of nitrogens with one attached hydrogen (secondary N) is 1. The number of morpholine rings is 2. The van der Waals surface area contributed by atoms with Gasteiger partial charge in [0.1, 0.15) is 48.3 Å². The number of piperidine rings is 1. The summed E-state index contributed by atoms with van der Waals surface area (Å²) in [6.07, 6.45) is 8.75. The van der Waals surface area contributed by atoms with E-state index in [2.05, 4.69) is 29.0 Å². The van der Waals surface area contributed by atoms with Gasteiger partial charge in [-0.1, -0.05) is 76.6 Å². The van der Waals surface area contributed by atoms with Gasteiger partial charge in [-0.15, -0.1) is 0 Å². The predicted octanol–water partition coefficient (Wildman–Crippen LogP) is 8.92. The largest absolute Gasteiger partial charge is 0.496 e. The second-order valence-electron chi connectivity index (χ2n) is 28.8. The molecule has 0 spiro atoms. The number of anilines is 2. The minimum Gasteiger partial charge on any atom is -0.496 e. The van der Waals surface area contributed by atoms with Crippen LogP contribution < -0.4 is 19.9 Å². The number of fused-ring (bicyclic) bond motifs is 4. The first-order valence-electron chi connectivity index (χ1n) is 35.9. The molecule has 2 unspecified atom stereocenters. The maximum atomic E-state index is 14.8. The second-order valence-corrected chi connectivity index (χ2v) is 28.8. The molecule has 1 saturated carbocycles. The lowest BCUT2D eigenvalue weighted by Gasteiger charge is -2.43. The number of hydrogen-bond donors (Lipinski definition) is 4. The average molecular weight is 1390 g/mol. The van der Waals surface area contributed by atoms with Crippen LogP contribution in [0.1, 0.15) is 145 Å². The summed E-state index contributed by atoms with van der Waals surface area (Å²) in [5.74, 6) is -7.22.